The predicted molar refractivity (Wildman–Crippen MR) is 93.3 cm³/mol. The number of aromatic amines is 1. The molecule has 0 aliphatic carbocycles. The van der Waals surface area contributed by atoms with Crippen LogP contribution in [0, 0.1) is 5.82 Å². The minimum Gasteiger partial charge on any atom is -0.334 e. The van der Waals surface area contributed by atoms with Gasteiger partial charge >= 0.3 is 0 Å². The second kappa shape index (κ2) is 6.91. The molecule has 0 saturated carbocycles. The molecular formula is C16H17ClFN5O2. The molecule has 25 heavy (non-hydrogen) atoms. The van der Waals surface area contributed by atoms with E-state index >= 15 is 0 Å². The van der Waals surface area contributed by atoms with Crippen molar-refractivity contribution in [1.82, 2.24) is 25.3 Å². The van der Waals surface area contributed by atoms with Crippen LogP contribution in [0.1, 0.15) is 11.9 Å². The molecule has 2 aromatic heterocycles. The van der Waals surface area contributed by atoms with Crippen LogP contribution in [-0.2, 0) is 0 Å². The Hall–Kier alpha value is -2.29. The second-order valence-electron chi connectivity index (χ2n) is 5.90. The number of likely N-dealkylation sites (N-methyl/N-ethyl adjacent to an activating group) is 1. The van der Waals surface area contributed by atoms with E-state index in [1.54, 1.807) is 6.07 Å². The monoisotopic (exact) mass is 365 g/mol. The average Bonchev–Trinajstić information content (AvgIpc) is 3.03. The predicted octanol–water partition coefficient (Wildman–Crippen LogP) is 1.72. The highest BCUT2D eigenvalue weighted by Crippen LogP contribution is 2.27. The van der Waals surface area contributed by atoms with E-state index in [-0.39, 0.29) is 29.9 Å². The van der Waals surface area contributed by atoms with Crippen LogP contribution in [0.15, 0.2) is 33.6 Å². The van der Waals surface area contributed by atoms with Gasteiger partial charge in [0.15, 0.2) is 5.82 Å². The van der Waals surface area contributed by atoms with Gasteiger partial charge in [0.1, 0.15) is 5.82 Å². The molecule has 0 radical (unpaired) electrons. The number of hydrogen-bond acceptors (Lipinski definition) is 6. The standard InChI is InChI=1S/C16H16FN5O2.ClH/c1-22-5-4-18-8-13(22)15-20-16(24-21-15)11-7-14(23)19-12-6-9(17)2-3-10(11)12;/h2-3,6-7,13,18H,4-5,8H2,1H3,(H,19,23);1H. The third-order valence-corrected chi connectivity index (χ3v) is 4.29. The molecule has 4 rings (SSSR count). The summed E-state index contributed by atoms with van der Waals surface area (Å²) in [6.45, 7) is 2.54. The van der Waals surface area contributed by atoms with Crippen molar-refractivity contribution in [3.8, 4) is 11.5 Å². The van der Waals surface area contributed by atoms with E-state index in [0.717, 1.165) is 19.6 Å². The lowest BCUT2D eigenvalue weighted by Crippen LogP contribution is -2.44. The average molecular weight is 366 g/mol. The van der Waals surface area contributed by atoms with Crippen molar-refractivity contribution in [2.24, 2.45) is 0 Å². The molecule has 3 heterocycles. The Kier molecular flexibility index (Phi) is 4.85. The van der Waals surface area contributed by atoms with Gasteiger partial charge in [0, 0.05) is 31.1 Å². The fourth-order valence-corrected chi connectivity index (χ4v) is 2.98. The summed E-state index contributed by atoms with van der Waals surface area (Å²) in [7, 11) is 2.01. The Bertz CT molecular complexity index is 957. The van der Waals surface area contributed by atoms with Gasteiger partial charge in [-0.2, -0.15) is 4.98 Å². The summed E-state index contributed by atoms with van der Waals surface area (Å²) in [5.74, 6) is 0.401. The molecule has 1 saturated heterocycles. The number of hydrogen-bond donors (Lipinski definition) is 2. The quantitative estimate of drug-likeness (QED) is 0.719. The summed E-state index contributed by atoms with van der Waals surface area (Å²) in [5, 5.41) is 8.02. The normalized spacial score (nSPS) is 18.2. The number of piperazine rings is 1. The van der Waals surface area contributed by atoms with Gasteiger partial charge in [0.25, 0.3) is 5.89 Å². The second-order valence-corrected chi connectivity index (χ2v) is 5.90. The molecule has 7 nitrogen and oxygen atoms in total. The highest BCUT2D eigenvalue weighted by Gasteiger charge is 2.26. The largest absolute Gasteiger partial charge is 0.334 e. The molecule has 9 heteroatoms. The van der Waals surface area contributed by atoms with Crippen molar-refractivity contribution >= 4 is 23.3 Å². The van der Waals surface area contributed by atoms with Crippen LogP contribution < -0.4 is 10.9 Å². The zero-order valence-electron chi connectivity index (χ0n) is 13.5. The van der Waals surface area contributed by atoms with Crippen molar-refractivity contribution in [2.45, 2.75) is 6.04 Å². The van der Waals surface area contributed by atoms with Gasteiger partial charge in [0.2, 0.25) is 5.56 Å². The summed E-state index contributed by atoms with van der Waals surface area (Å²) >= 11 is 0. The smallest absolute Gasteiger partial charge is 0.258 e. The van der Waals surface area contributed by atoms with E-state index in [0.29, 0.717) is 22.3 Å². The highest BCUT2D eigenvalue weighted by molar-refractivity contribution is 5.91. The van der Waals surface area contributed by atoms with E-state index in [1.165, 1.54) is 18.2 Å². The summed E-state index contributed by atoms with van der Waals surface area (Å²) in [6, 6.07) is 5.60. The van der Waals surface area contributed by atoms with Gasteiger partial charge in [-0.15, -0.1) is 12.4 Å². The first-order valence-corrected chi connectivity index (χ1v) is 7.69. The third-order valence-electron chi connectivity index (χ3n) is 4.29. The van der Waals surface area contributed by atoms with Crippen molar-refractivity contribution in [3.05, 3.63) is 46.3 Å². The lowest BCUT2D eigenvalue weighted by Gasteiger charge is -2.30. The SMILES string of the molecule is CN1CCNCC1c1noc(-c2cc(=O)[nH]c3cc(F)ccc23)n1.Cl. The van der Waals surface area contributed by atoms with E-state index in [4.69, 9.17) is 4.52 Å². The highest BCUT2D eigenvalue weighted by atomic mass is 35.5. The summed E-state index contributed by atoms with van der Waals surface area (Å²) in [5.41, 5.74) is 0.548. The number of nitrogens with zero attached hydrogens (tertiary/aromatic N) is 3. The number of halogens is 2. The number of rotatable bonds is 2. The first kappa shape index (κ1) is 17.5. The number of aromatic nitrogens is 3. The third kappa shape index (κ3) is 3.28. The van der Waals surface area contributed by atoms with E-state index in [2.05, 4.69) is 25.3 Å². The van der Waals surface area contributed by atoms with Gasteiger partial charge in [-0.3, -0.25) is 9.69 Å². The number of benzene rings is 1. The van der Waals surface area contributed by atoms with Crippen molar-refractivity contribution < 1.29 is 8.91 Å². The van der Waals surface area contributed by atoms with Gasteiger partial charge in [-0.1, -0.05) is 5.16 Å². The Labute approximate surface area is 148 Å². The zero-order valence-corrected chi connectivity index (χ0v) is 14.3. The van der Waals surface area contributed by atoms with E-state index < -0.39 is 5.82 Å². The number of nitrogens with one attached hydrogen (secondary N) is 2. The lowest BCUT2D eigenvalue weighted by molar-refractivity contribution is 0.190. The molecule has 1 fully saturated rings. The van der Waals surface area contributed by atoms with Crippen LogP contribution in [0.2, 0.25) is 0 Å². The van der Waals surface area contributed by atoms with E-state index in [1.807, 2.05) is 7.05 Å². The summed E-state index contributed by atoms with van der Waals surface area (Å²) in [6.07, 6.45) is 0. The molecular weight excluding hydrogens is 349 g/mol. The molecule has 1 aromatic carbocycles. The maximum absolute atomic E-state index is 13.4. The number of H-pyrrole nitrogens is 1. The van der Waals surface area contributed by atoms with Crippen LogP contribution in [0.4, 0.5) is 4.39 Å². The molecule has 3 aromatic rings. The molecule has 132 valence electrons. The maximum Gasteiger partial charge on any atom is 0.258 e. The minimum absolute atomic E-state index is 0. The van der Waals surface area contributed by atoms with Crippen LogP contribution in [0.3, 0.4) is 0 Å². The zero-order chi connectivity index (χ0) is 16.7. The molecule has 0 bridgehead atoms. The molecule has 2 N–H and O–H groups in total. The summed E-state index contributed by atoms with van der Waals surface area (Å²) < 4.78 is 18.8. The molecule has 1 atom stereocenters. The Morgan fingerprint density at radius 3 is 3.00 bits per heavy atom. The van der Waals surface area contributed by atoms with Crippen molar-refractivity contribution in [3.63, 3.8) is 0 Å². The van der Waals surface area contributed by atoms with Crippen LogP contribution in [0.5, 0.6) is 0 Å². The van der Waals surface area contributed by atoms with Crippen LogP contribution in [-0.4, -0.2) is 46.7 Å². The lowest BCUT2D eigenvalue weighted by atomic mass is 10.1. The van der Waals surface area contributed by atoms with Crippen molar-refractivity contribution in [1.29, 1.82) is 0 Å². The molecule has 1 aliphatic heterocycles. The fourth-order valence-electron chi connectivity index (χ4n) is 2.98. The minimum atomic E-state index is -0.420. The number of fused-ring (bicyclic) bond motifs is 1. The molecule has 1 aliphatic rings. The van der Waals surface area contributed by atoms with Crippen LogP contribution >= 0.6 is 12.4 Å². The van der Waals surface area contributed by atoms with Gasteiger partial charge in [0.05, 0.1) is 17.1 Å². The molecule has 0 spiro atoms. The Balaban J connectivity index is 0.00000182. The van der Waals surface area contributed by atoms with Crippen LogP contribution in [0.25, 0.3) is 22.4 Å². The van der Waals surface area contributed by atoms with Gasteiger partial charge in [-0.25, -0.2) is 4.39 Å². The first-order chi connectivity index (χ1) is 11.6. The number of pyridine rings is 1. The topological polar surface area (TPSA) is 87.0 Å². The first-order valence-electron chi connectivity index (χ1n) is 7.69. The van der Waals surface area contributed by atoms with Gasteiger partial charge in [-0.05, 0) is 25.2 Å². The Morgan fingerprint density at radius 2 is 2.20 bits per heavy atom. The molecule has 0 amide bonds. The summed E-state index contributed by atoms with van der Waals surface area (Å²) in [4.78, 5) is 21.1. The van der Waals surface area contributed by atoms with Crippen molar-refractivity contribution in [2.75, 3.05) is 26.7 Å². The van der Waals surface area contributed by atoms with E-state index in [9.17, 15) is 9.18 Å². The Morgan fingerprint density at radius 1 is 1.36 bits per heavy atom. The van der Waals surface area contributed by atoms with Gasteiger partial charge < -0.3 is 14.8 Å². The fraction of sp³-hybridized carbons (Fsp3) is 0.312. The molecule has 1 unspecified atom stereocenters. The maximum atomic E-state index is 13.4.